The van der Waals surface area contributed by atoms with E-state index in [0.29, 0.717) is 19.7 Å². The minimum Gasteiger partial charge on any atom is -0.480 e. The van der Waals surface area contributed by atoms with Gasteiger partial charge in [0.05, 0.1) is 6.10 Å². The monoisotopic (exact) mass is 258 g/mol. The van der Waals surface area contributed by atoms with Crippen LogP contribution in [0.2, 0.25) is 0 Å². The number of carboxylic acid groups (broad SMARTS) is 1. The van der Waals surface area contributed by atoms with Gasteiger partial charge in [-0.1, -0.05) is 13.8 Å². The van der Waals surface area contributed by atoms with E-state index in [4.69, 9.17) is 9.84 Å². The summed E-state index contributed by atoms with van der Waals surface area (Å²) in [5.41, 5.74) is 0. The van der Waals surface area contributed by atoms with Crippen LogP contribution in [0.25, 0.3) is 0 Å². The fraction of sp³-hybridized carbons (Fsp3) is 0.833. The summed E-state index contributed by atoms with van der Waals surface area (Å²) < 4.78 is 5.45. The Labute approximate surface area is 107 Å². The maximum atomic E-state index is 12.0. The minimum atomic E-state index is -1.00. The molecule has 1 unspecified atom stereocenters. The molecule has 104 valence electrons. The van der Waals surface area contributed by atoms with Crippen LogP contribution in [0.15, 0.2) is 0 Å². The van der Waals surface area contributed by atoms with E-state index >= 15 is 0 Å². The number of nitrogens with zero attached hydrogens (tertiary/aromatic N) is 1. The zero-order chi connectivity index (χ0) is 13.7. The normalized spacial score (nSPS) is 22.4. The number of aliphatic carboxylic acids is 1. The summed E-state index contributed by atoms with van der Waals surface area (Å²) in [7, 11) is 0. The highest BCUT2D eigenvalue weighted by Gasteiger charge is 2.27. The molecule has 1 heterocycles. The van der Waals surface area contributed by atoms with E-state index in [2.05, 4.69) is 5.32 Å². The summed E-state index contributed by atoms with van der Waals surface area (Å²) >= 11 is 0. The van der Waals surface area contributed by atoms with Crippen molar-refractivity contribution in [1.29, 1.82) is 0 Å². The molecule has 1 aliphatic heterocycles. The van der Waals surface area contributed by atoms with Gasteiger partial charge in [0.25, 0.3) is 0 Å². The van der Waals surface area contributed by atoms with Crippen molar-refractivity contribution in [3.63, 3.8) is 0 Å². The third-order valence-corrected chi connectivity index (χ3v) is 2.95. The van der Waals surface area contributed by atoms with Gasteiger partial charge in [-0.3, -0.25) is 0 Å². The molecule has 1 saturated heterocycles. The summed E-state index contributed by atoms with van der Waals surface area (Å²) in [4.78, 5) is 24.7. The van der Waals surface area contributed by atoms with Crippen LogP contribution in [0, 0.1) is 5.92 Å². The van der Waals surface area contributed by atoms with E-state index < -0.39 is 12.0 Å². The molecular formula is C12H22N2O4. The average Bonchev–Trinajstić information content (AvgIpc) is 2.49. The molecule has 6 heteroatoms. The van der Waals surface area contributed by atoms with Gasteiger partial charge < -0.3 is 20.1 Å². The van der Waals surface area contributed by atoms with Crippen LogP contribution in [0.3, 0.4) is 0 Å². The van der Waals surface area contributed by atoms with Gasteiger partial charge in [0.15, 0.2) is 0 Å². The molecular weight excluding hydrogens is 236 g/mol. The first-order valence-electron chi connectivity index (χ1n) is 6.31. The van der Waals surface area contributed by atoms with Crippen LogP contribution in [-0.4, -0.2) is 53.8 Å². The third-order valence-electron chi connectivity index (χ3n) is 2.95. The molecule has 2 amide bonds. The lowest BCUT2D eigenvalue weighted by Crippen LogP contribution is -2.51. The molecule has 0 aromatic heterocycles. The second-order valence-corrected chi connectivity index (χ2v) is 4.99. The van der Waals surface area contributed by atoms with E-state index in [1.54, 1.807) is 18.7 Å². The van der Waals surface area contributed by atoms with Gasteiger partial charge in [0, 0.05) is 19.7 Å². The van der Waals surface area contributed by atoms with E-state index in [-0.39, 0.29) is 18.1 Å². The number of ether oxygens (including phenoxy) is 1. The second kappa shape index (κ2) is 6.58. The van der Waals surface area contributed by atoms with Crippen LogP contribution < -0.4 is 5.32 Å². The molecule has 6 nitrogen and oxygen atoms in total. The second-order valence-electron chi connectivity index (χ2n) is 4.99. The fourth-order valence-corrected chi connectivity index (χ4v) is 1.92. The fourth-order valence-electron chi connectivity index (χ4n) is 1.92. The summed E-state index contributed by atoms with van der Waals surface area (Å²) in [6.07, 6.45) is 0.762. The lowest BCUT2D eigenvalue weighted by atomic mass is 10.1. The van der Waals surface area contributed by atoms with E-state index in [1.807, 2.05) is 6.92 Å². The van der Waals surface area contributed by atoms with Gasteiger partial charge in [0.1, 0.15) is 6.04 Å². The number of hydrogen-bond donors (Lipinski definition) is 2. The van der Waals surface area contributed by atoms with Crippen molar-refractivity contribution >= 4 is 12.0 Å². The van der Waals surface area contributed by atoms with Crippen LogP contribution in [0.4, 0.5) is 4.79 Å². The highest BCUT2D eigenvalue weighted by atomic mass is 16.5. The third kappa shape index (κ3) is 4.18. The largest absolute Gasteiger partial charge is 0.480 e. The number of carboxylic acids is 1. The van der Waals surface area contributed by atoms with Gasteiger partial charge in [-0.2, -0.15) is 0 Å². The lowest BCUT2D eigenvalue weighted by molar-refractivity contribution is -0.140. The Morgan fingerprint density at radius 2 is 2.11 bits per heavy atom. The number of hydrogen-bond acceptors (Lipinski definition) is 3. The topological polar surface area (TPSA) is 78.9 Å². The standard InChI is InChI=1S/C12H22N2O4/c1-8(2)10(11(15)16)13-12(17)14-5-4-6-18-9(3)7-14/h8-10H,4-7H2,1-3H3,(H,13,17)(H,15,16)/t9?,10-/m0/s1. The maximum absolute atomic E-state index is 12.0. The molecule has 0 spiro atoms. The van der Waals surface area contributed by atoms with Gasteiger partial charge in [-0.25, -0.2) is 9.59 Å². The Balaban J connectivity index is 2.59. The van der Waals surface area contributed by atoms with Crippen molar-refractivity contribution in [2.24, 2.45) is 5.92 Å². The molecule has 0 aliphatic carbocycles. The number of carbonyl (C=O) groups is 2. The SMILES string of the molecule is CC1CN(C(=O)N[C@H](C(=O)O)C(C)C)CCCO1. The van der Waals surface area contributed by atoms with Crippen molar-refractivity contribution in [2.75, 3.05) is 19.7 Å². The number of nitrogens with one attached hydrogen (secondary N) is 1. The Hall–Kier alpha value is -1.30. The molecule has 0 aromatic carbocycles. The predicted molar refractivity (Wildman–Crippen MR) is 66.4 cm³/mol. The molecule has 18 heavy (non-hydrogen) atoms. The first kappa shape index (κ1) is 14.8. The first-order chi connectivity index (χ1) is 8.41. The van der Waals surface area contributed by atoms with Crippen molar-refractivity contribution < 1.29 is 19.4 Å². The first-order valence-corrected chi connectivity index (χ1v) is 6.31. The summed E-state index contributed by atoms with van der Waals surface area (Å²) in [5.74, 6) is -1.15. The minimum absolute atomic E-state index is 0.0134. The molecule has 2 atom stereocenters. The van der Waals surface area contributed by atoms with Crippen molar-refractivity contribution in [3.05, 3.63) is 0 Å². The van der Waals surface area contributed by atoms with E-state index in [0.717, 1.165) is 6.42 Å². The van der Waals surface area contributed by atoms with E-state index in [1.165, 1.54) is 0 Å². The molecule has 1 rings (SSSR count). The highest BCUT2D eigenvalue weighted by molar-refractivity contribution is 5.82. The summed E-state index contributed by atoms with van der Waals surface area (Å²) in [5, 5.41) is 11.6. The molecule has 1 aliphatic rings. The molecule has 0 bridgehead atoms. The van der Waals surface area contributed by atoms with E-state index in [9.17, 15) is 9.59 Å². The molecule has 0 aromatic rings. The summed E-state index contributed by atoms with van der Waals surface area (Å²) in [6, 6.07) is -1.18. The predicted octanol–water partition coefficient (Wildman–Crippen LogP) is 0.916. The number of carbonyl (C=O) groups excluding carboxylic acids is 1. The van der Waals surface area contributed by atoms with Gasteiger partial charge >= 0.3 is 12.0 Å². The molecule has 0 radical (unpaired) electrons. The van der Waals surface area contributed by atoms with Gasteiger partial charge in [-0.05, 0) is 19.3 Å². The van der Waals surface area contributed by atoms with Crippen LogP contribution in [-0.2, 0) is 9.53 Å². The van der Waals surface area contributed by atoms with Crippen molar-refractivity contribution in [1.82, 2.24) is 10.2 Å². The average molecular weight is 258 g/mol. The Morgan fingerprint density at radius 1 is 1.44 bits per heavy atom. The number of amides is 2. The zero-order valence-corrected chi connectivity index (χ0v) is 11.2. The van der Waals surface area contributed by atoms with Crippen molar-refractivity contribution in [3.8, 4) is 0 Å². The van der Waals surface area contributed by atoms with Crippen molar-refractivity contribution in [2.45, 2.75) is 39.3 Å². The van der Waals surface area contributed by atoms with Crippen LogP contribution in [0.5, 0.6) is 0 Å². The van der Waals surface area contributed by atoms with Crippen LogP contribution in [0.1, 0.15) is 27.2 Å². The smallest absolute Gasteiger partial charge is 0.326 e. The Morgan fingerprint density at radius 3 is 2.67 bits per heavy atom. The quantitative estimate of drug-likeness (QED) is 0.789. The highest BCUT2D eigenvalue weighted by Crippen LogP contribution is 2.08. The molecule has 0 saturated carbocycles. The lowest BCUT2D eigenvalue weighted by Gasteiger charge is -2.26. The van der Waals surface area contributed by atoms with Gasteiger partial charge in [0.2, 0.25) is 0 Å². The molecule has 1 fully saturated rings. The zero-order valence-electron chi connectivity index (χ0n) is 11.2. The maximum Gasteiger partial charge on any atom is 0.326 e. The Kier molecular flexibility index (Phi) is 5.40. The summed E-state index contributed by atoms with van der Waals surface area (Å²) in [6.45, 7) is 7.18. The number of rotatable bonds is 3. The van der Waals surface area contributed by atoms with Gasteiger partial charge in [-0.15, -0.1) is 0 Å². The molecule has 2 N–H and O–H groups in total. The Bertz CT molecular complexity index is 306. The van der Waals surface area contributed by atoms with Crippen LogP contribution >= 0.6 is 0 Å². The number of urea groups is 1.